The molecule has 118 valence electrons. The molecule has 0 saturated carbocycles. The maximum Gasteiger partial charge on any atom is 0.0829 e. The molecule has 6 heteroatoms. The molecule has 0 aromatic carbocycles. The Labute approximate surface area is 130 Å². The molecule has 2 aliphatic rings. The molecule has 3 heterocycles. The van der Waals surface area contributed by atoms with Crippen LogP contribution < -0.4 is 5.73 Å². The molecule has 1 aromatic heterocycles. The Bertz CT molecular complexity index is 466. The molecule has 2 unspecified atom stereocenters. The normalized spacial score (nSPS) is 27.1. The summed E-state index contributed by atoms with van der Waals surface area (Å²) in [5.74, 6) is 0.832. The standard InChI is InChI=1S/C15H25N3O2S/c1-10(2)13-14(21-18-17-13)12(16)11-3-6-20-15(9-11)4-7-19-8-5-15/h10-12H,3-9,16H2,1-2H3. The van der Waals surface area contributed by atoms with Gasteiger partial charge in [-0.25, -0.2) is 0 Å². The second kappa shape index (κ2) is 6.28. The summed E-state index contributed by atoms with van der Waals surface area (Å²) >= 11 is 1.46. The van der Waals surface area contributed by atoms with Gasteiger partial charge in [0.05, 0.1) is 16.2 Å². The second-order valence-electron chi connectivity index (χ2n) is 6.60. The van der Waals surface area contributed by atoms with Crippen LogP contribution in [0.15, 0.2) is 0 Å². The van der Waals surface area contributed by atoms with Crippen LogP contribution in [0.3, 0.4) is 0 Å². The number of ether oxygens (including phenoxy) is 2. The molecule has 1 spiro atoms. The van der Waals surface area contributed by atoms with Crippen molar-refractivity contribution in [2.24, 2.45) is 11.7 Å². The van der Waals surface area contributed by atoms with E-state index in [0.717, 1.165) is 51.2 Å². The van der Waals surface area contributed by atoms with E-state index in [9.17, 15) is 0 Å². The van der Waals surface area contributed by atoms with E-state index >= 15 is 0 Å². The minimum absolute atomic E-state index is 0.00506. The molecule has 2 fully saturated rings. The van der Waals surface area contributed by atoms with Gasteiger partial charge in [-0.3, -0.25) is 0 Å². The Morgan fingerprint density at radius 2 is 2.05 bits per heavy atom. The van der Waals surface area contributed by atoms with Crippen molar-refractivity contribution >= 4 is 11.5 Å². The largest absolute Gasteiger partial charge is 0.381 e. The zero-order valence-corrected chi connectivity index (χ0v) is 13.7. The van der Waals surface area contributed by atoms with Crippen molar-refractivity contribution in [3.8, 4) is 0 Å². The third kappa shape index (κ3) is 3.13. The molecule has 0 radical (unpaired) electrons. The zero-order chi connectivity index (χ0) is 14.9. The maximum absolute atomic E-state index is 6.59. The van der Waals surface area contributed by atoms with E-state index in [0.29, 0.717) is 11.8 Å². The van der Waals surface area contributed by atoms with Gasteiger partial charge in [0.1, 0.15) is 0 Å². The number of hydrogen-bond donors (Lipinski definition) is 1. The molecule has 2 atom stereocenters. The molecule has 0 aliphatic carbocycles. The second-order valence-corrected chi connectivity index (χ2v) is 7.39. The summed E-state index contributed by atoms with van der Waals surface area (Å²) < 4.78 is 15.7. The molecule has 1 aromatic rings. The Balaban J connectivity index is 1.74. The van der Waals surface area contributed by atoms with Gasteiger partial charge in [-0.15, -0.1) is 5.10 Å². The van der Waals surface area contributed by atoms with Crippen LogP contribution in [0, 0.1) is 5.92 Å². The van der Waals surface area contributed by atoms with Crippen LogP contribution in [-0.2, 0) is 9.47 Å². The van der Waals surface area contributed by atoms with Gasteiger partial charge in [-0.1, -0.05) is 18.3 Å². The average Bonchev–Trinajstić information content (AvgIpc) is 2.97. The Morgan fingerprint density at radius 3 is 2.76 bits per heavy atom. The SMILES string of the molecule is CC(C)c1nnsc1C(N)C1CCOC2(CCOCC2)C1. The van der Waals surface area contributed by atoms with Gasteiger partial charge in [-0.05, 0) is 49.1 Å². The predicted octanol–water partition coefficient (Wildman–Crippen LogP) is 2.64. The Morgan fingerprint density at radius 1 is 1.29 bits per heavy atom. The maximum atomic E-state index is 6.59. The Kier molecular flexibility index (Phi) is 4.59. The van der Waals surface area contributed by atoms with Crippen LogP contribution in [-0.4, -0.2) is 35.0 Å². The highest BCUT2D eigenvalue weighted by Gasteiger charge is 2.41. The molecule has 2 N–H and O–H groups in total. The molecule has 2 saturated heterocycles. The molecule has 0 amide bonds. The molecule has 0 bridgehead atoms. The highest BCUT2D eigenvalue weighted by molar-refractivity contribution is 7.05. The topological polar surface area (TPSA) is 70.3 Å². The summed E-state index contributed by atoms with van der Waals surface area (Å²) in [6.07, 6.45) is 4.05. The first-order valence-electron chi connectivity index (χ1n) is 7.91. The van der Waals surface area contributed by atoms with Crippen LogP contribution >= 0.6 is 11.5 Å². The first kappa shape index (κ1) is 15.3. The zero-order valence-electron chi connectivity index (χ0n) is 12.9. The quantitative estimate of drug-likeness (QED) is 0.929. The third-order valence-corrected chi connectivity index (χ3v) is 5.67. The van der Waals surface area contributed by atoms with Gasteiger partial charge in [0.25, 0.3) is 0 Å². The molecule has 2 aliphatic heterocycles. The lowest BCUT2D eigenvalue weighted by atomic mass is 9.77. The van der Waals surface area contributed by atoms with E-state index in [1.54, 1.807) is 0 Å². The summed E-state index contributed by atoms with van der Waals surface area (Å²) in [4.78, 5) is 1.17. The lowest BCUT2D eigenvalue weighted by molar-refractivity contribution is -0.149. The monoisotopic (exact) mass is 311 g/mol. The van der Waals surface area contributed by atoms with Crippen LogP contribution in [0.25, 0.3) is 0 Å². The van der Waals surface area contributed by atoms with E-state index < -0.39 is 0 Å². The van der Waals surface area contributed by atoms with Crippen molar-refractivity contribution in [2.45, 2.75) is 57.1 Å². The van der Waals surface area contributed by atoms with Gasteiger partial charge in [0, 0.05) is 25.9 Å². The average molecular weight is 311 g/mol. The molecular weight excluding hydrogens is 286 g/mol. The molecule has 21 heavy (non-hydrogen) atoms. The summed E-state index contributed by atoms with van der Waals surface area (Å²) in [5, 5.41) is 4.27. The van der Waals surface area contributed by atoms with Crippen molar-refractivity contribution in [3.05, 3.63) is 10.6 Å². The van der Waals surface area contributed by atoms with Crippen LogP contribution in [0.5, 0.6) is 0 Å². The summed E-state index contributed by atoms with van der Waals surface area (Å²) in [7, 11) is 0. The van der Waals surface area contributed by atoms with Crippen LogP contribution in [0.1, 0.15) is 62.1 Å². The fraction of sp³-hybridized carbons (Fsp3) is 0.867. The van der Waals surface area contributed by atoms with E-state index in [4.69, 9.17) is 15.2 Å². The minimum atomic E-state index is -0.00506. The summed E-state index contributed by atoms with van der Waals surface area (Å²) in [6.45, 7) is 6.72. The fourth-order valence-electron chi connectivity index (χ4n) is 3.51. The summed E-state index contributed by atoms with van der Waals surface area (Å²) in [5.41, 5.74) is 7.65. The molecule has 3 rings (SSSR count). The number of rotatable bonds is 3. The smallest absolute Gasteiger partial charge is 0.0829 e. The van der Waals surface area contributed by atoms with Crippen molar-refractivity contribution in [3.63, 3.8) is 0 Å². The van der Waals surface area contributed by atoms with Crippen molar-refractivity contribution in [2.75, 3.05) is 19.8 Å². The van der Waals surface area contributed by atoms with Gasteiger partial charge < -0.3 is 15.2 Å². The number of nitrogens with two attached hydrogens (primary N) is 1. The van der Waals surface area contributed by atoms with E-state index in [2.05, 4.69) is 23.4 Å². The number of hydrogen-bond acceptors (Lipinski definition) is 6. The van der Waals surface area contributed by atoms with E-state index in [1.165, 1.54) is 16.4 Å². The highest BCUT2D eigenvalue weighted by atomic mass is 32.1. The lowest BCUT2D eigenvalue weighted by Crippen LogP contribution is -2.46. The fourth-order valence-corrected chi connectivity index (χ4v) is 4.42. The number of nitrogens with zero attached hydrogens (tertiary/aromatic N) is 2. The molecular formula is C15H25N3O2S. The molecule has 5 nitrogen and oxygen atoms in total. The third-order valence-electron chi connectivity index (χ3n) is 4.83. The minimum Gasteiger partial charge on any atom is -0.381 e. The van der Waals surface area contributed by atoms with Crippen molar-refractivity contribution < 1.29 is 9.47 Å². The van der Waals surface area contributed by atoms with E-state index in [-0.39, 0.29) is 11.6 Å². The van der Waals surface area contributed by atoms with Crippen LogP contribution in [0.2, 0.25) is 0 Å². The Hall–Kier alpha value is -0.560. The number of aromatic nitrogens is 2. The van der Waals surface area contributed by atoms with Crippen LogP contribution in [0.4, 0.5) is 0 Å². The van der Waals surface area contributed by atoms with Crippen molar-refractivity contribution in [1.29, 1.82) is 0 Å². The van der Waals surface area contributed by atoms with Crippen molar-refractivity contribution in [1.82, 2.24) is 9.59 Å². The first-order chi connectivity index (χ1) is 10.1. The predicted molar refractivity (Wildman–Crippen MR) is 82.4 cm³/mol. The highest BCUT2D eigenvalue weighted by Crippen LogP contribution is 2.42. The summed E-state index contributed by atoms with van der Waals surface area (Å²) in [6, 6.07) is 0.0334. The first-order valence-corrected chi connectivity index (χ1v) is 8.68. The van der Waals surface area contributed by atoms with E-state index in [1.807, 2.05) is 0 Å². The van der Waals surface area contributed by atoms with Gasteiger partial charge in [0.2, 0.25) is 0 Å². The lowest BCUT2D eigenvalue weighted by Gasteiger charge is -2.44. The van der Waals surface area contributed by atoms with Gasteiger partial charge >= 0.3 is 0 Å². The van der Waals surface area contributed by atoms with Gasteiger partial charge in [0.15, 0.2) is 0 Å². The van der Waals surface area contributed by atoms with Gasteiger partial charge in [-0.2, -0.15) is 0 Å².